The molecule has 37 heavy (non-hydrogen) atoms. The van der Waals surface area contributed by atoms with Crippen molar-refractivity contribution in [2.24, 2.45) is 17.4 Å². The largest absolute Gasteiger partial charge is 0.333 e. The van der Waals surface area contributed by atoms with Crippen molar-refractivity contribution in [1.82, 2.24) is 20.5 Å². The molecule has 234 valence electrons. The zero-order valence-electron chi connectivity index (χ0n) is 25.7. The van der Waals surface area contributed by atoms with Crippen molar-refractivity contribution in [1.29, 1.82) is 0 Å². The highest BCUT2D eigenvalue weighted by molar-refractivity contribution is 4.90. The van der Waals surface area contributed by atoms with Crippen molar-refractivity contribution in [2.45, 2.75) is 116 Å². The fourth-order valence-electron chi connectivity index (χ4n) is 2.60. The standard InChI is InChI=1S/C8H16N2.C5H5N.C4H10.C3H8.C2H7N.2C2H6.2CH5N.3CH4/c1-9-8-6-10-4-2-7(8)3-5-10;1-2-4-6-5-3-1;1-3-4-2;2*1-3-2;4*1-2;;;/h7-9H,2-6H2,1H3;1-5H;3-4H2,1-2H3;3H2,1-2H3;3H,1-2H3;2*1-2H3;2*2H2,1H3;3*1H4. The van der Waals surface area contributed by atoms with E-state index in [4.69, 9.17) is 0 Å². The first kappa shape index (κ1) is 60.5. The first-order valence-electron chi connectivity index (χ1n) is 13.6. The molecule has 0 saturated carbocycles. The van der Waals surface area contributed by atoms with Crippen LogP contribution in [0.15, 0.2) is 30.6 Å². The van der Waals surface area contributed by atoms with Crippen LogP contribution in [0.3, 0.4) is 0 Å². The Morgan fingerprint density at radius 1 is 0.730 bits per heavy atom. The minimum atomic E-state index is 0. The molecule has 3 saturated heterocycles. The average molecular weight is 537 g/mol. The topological polar surface area (TPSA) is 92.2 Å². The summed E-state index contributed by atoms with van der Waals surface area (Å²) in [4.78, 5) is 6.36. The fraction of sp³-hybridized carbons (Fsp3) is 0.839. The Bertz CT molecular complexity index is 314. The van der Waals surface area contributed by atoms with Gasteiger partial charge in [-0.25, -0.2) is 0 Å². The van der Waals surface area contributed by atoms with Gasteiger partial charge < -0.3 is 27.0 Å². The molecule has 6 nitrogen and oxygen atoms in total. The van der Waals surface area contributed by atoms with Gasteiger partial charge in [0.25, 0.3) is 0 Å². The molecule has 3 aliphatic rings. The summed E-state index contributed by atoms with van der Waals surface area (Å²) < 4.78 is 0. The van der Waals surface area contributed by atoms with Crippen LogP contribution in [0.5, 0.6) is 0 Å². The maximum atomic E-state index is 4.50. The predicted octanol–water partition coefficient (Wildman–Crippen LogP) is 7.55. The summed E-state index contributed by atoms with van der Waals surface area (Å²) >= 11 is 0. The smallest absolute Gasteiger partial charge is 0.0267 e. The number of likely N-dealkylation sites (N-methyl/N-ethyl adjacent to an activating group) is 1. The Morgan fingerprint density at radius 2 is 1.05 bits per heavy atom. The van der Waals surface area contributed by atoms with Gasteiger partial charge in [-0.05, 0) is 79.2 Å². The van der Waals surface area contributed by atoms with Gasteiger partial charge in [0.1, 0.15) is 0 Å². The fourth-order valence-corrected chi connectivity index (χ4v) is 2.60. The lowest BCUT2D eigenvalue weighted by Gasteiger charge is -2.44. The van der Waals surface area contributed by atoms with Crippen LogP contribution in [-0.2, 0) is 0 Å². The predicted molar refractivity (Wildman–Crippen MR) is 181 cm³/mol. The summed E-state index contributed by atoms with van der Waals surface area (Å²) in [6, 6.07) is 6.51. The van der Waals surface area contributed by atoms with Crippen molar-refractivity contribution in [3.8, 4) is 0 Å². The number of unbranched alkanes of at least 4 members (excludes halogenated alkanes) is 1. The van der Waals surface area contributed by atoms with Crippen LogP contribution in [0.2, 0.25) is 0 Å². The summed E-state index contributed by atoms with van der Waals surface area (Å²) in [5, 5.41) is 6.14. The molecule has 0 spiro atoms. The molecule has 1 unspecified atom stereocenters. The van der Waals surface area contributed by atoms with Gasteiger partial charge >= 0.3 is 0 Å². The van der Waals surface area contributed by atoms with Crippen LogP contribution in [0.4, 0.5) is 0 Å². The SMILES string of the molecule is C.C.C.CC.CC.CCC.CCCC.CN.CN.CNC.CNC1CN2CCC1CC2.c1ccncc1. The van der Waals surface area contributed by atoms with E-state index in [0.29, 0.717) is 0 Å². The summed E-state index contributed by atoms with van der Waals surface area (Å²) in [6.07, 6.45) is 10.2. The van der Waals surface area contributed by atoms with E-state index in [0.717, 1.165) is 12.0 Å². The van der Waals surface area contributed by atoms with Crippen LogP contribution in [0, 0.1) is 5.92 Å². The third-order valence-electron chi connectivity index (χ3n) is 4.09. The van der Waals surface area contributed by atoms with E-state index in [9.17, 15) is 0 Å². The maximum absolute atomic E-state index is 4.50. The third-order valence-corrected chi connectivity index (χ3v) is 4.09. The van der Waals surface area contributed by atoms with Crippen LogP contribution >= 0.6 is 0 Å². The molecule has 3 fully saturated rings. The molecule has 0 aromatic carbocycles. The molecule has 6 heteroatoms. The average Bonchev–Trinajstić information content (AvgIpc) is 2.96. The first-order chi connectivity index (χ1) is 16.6. The van der Waals surface area contributed by atoms with Gasteiger partial charge in [0, 0.05) is 25.0 Å². The van der Waals surface area contributed by atoms with E-state index in [1.54, 1.807) is 12.4 Å². The van der Waals surface area contributed by atoms with Crippen molar-refractivity contribution in [2.75, 3.05) is 54.9 Å². The normalized spacial score (nSPS) is 16.1. The van der Waals surface area contributed by atoms with Crippen LogP contribution < -0.4 is 22.1 Å². The number of nitrogens with two attached hydrogens (primary N) is 2. The highest BCUT2D eigenvalue weighted by Gasteiger charge is 2.32. The second-order valence-electron chi connectivity index (χ2n) is 6.76. The van der Waals surface area contributed by atoms with Crippen LogP contribution in [0.25, 0.3) is 0 Å². The lowest BCUT2D eigenvalue weighted by atomic mass is 9.84. The van der Waals surface area contributed by atoms with Crippen LogP contribution in [-0.4, -0.2) is 70.8 Å². The molecule has 0 radical (unpaired) electrons. The zero-order valence-corrected chi connectivity index (χ0v) is 25.7. The quantitative estimate of drug-likeness (QED) is 0.312. The Kier molecular flexibility index (Phi) is 115. The highest BCUT2D eigenvalue weighted by atomic mass is 15.2. The van der Waals surface area contributed by atoms with E-state index in [2.05, 4.69) is 66.7 Å². The highest BCUT2D eigenvalue weighted by Crippen LogP contribution is 2.26. The van der Waals surface area contributed by atoms with Gasteiger partial charge in [-0.15, -0.1) is 0 Å². The second-order valence-corrected chi connectivity index (χ2v) is 6.76. The number of nitrogens with one attached hydrogen (secondary N) is 2. The number of hydrogen-bond donors (Lipinski definition) is 4. The number of nitrogens with zero attached hydrogens (tertiary/aromatic N) is 2. The van der Waals surface area contributed by atoms with Gasteiger partial charge in [0.15, 0.2) is 0 Å². The van der Waals surface area contributed by atoms with E-state index in [1.807, 2.05) is 60.0 Å². The van der Waals surface area contributed by atoms with E-state index >= 15 is 0 Å². The maximum Gasteiger partial charge on any atom is 0.0267 e. The van der Waals surface area contributed by atoms with Crippen molar-refractivity contribution < 1.29 is 0 Å². The van der Waals surface area contributed by atoms with Crippen molar-refractivity contribution >= 4 is 0 Å². The van der Waals surface area contributed by atoms with Gasteiger partial charge in [0.2, 0.25) is 0 Å². The Hall–Kier alpha value is -1.05. The van der Waals surface area contributed by atoms with E-state index < -0.39 is 0 Å². The molecule has 3 aliphatic heterocycles. The number of pyridine rings is 1. The number of fused-ring (bicyclic) bond motifs is 3. The molecular weight excluding hydrogens is 456 g/mol. The summed E-state index contributed by atoms with van der Waals surface area (Å²) in [6.45, 7) is 20.6. The zero-order chi connectivity index (χ0) is 28.0. The molecule has 4 rings (SSSR count). The number of hydrogen-bond acceptors (Lipinski definition) is 6. The van der Waals surface area contributed by atoms with Crippen LogP contribution in [0.1, 0.15) is 110 Å². The summed E-state index contributed by atoms with van der Waals surface area (Å²) in [5.41, 5.74) is 9.00. The molecule has 1 aromatic heterocycles. The Labute approximate surface area is 239 Å². The number of rotatable bonds is 2. The van der Waals surface area contributed by atoms with E-state index in [-0.39, 0.29) is 22.3 Å². The second kappa shape index (κ2) is 70.2. The van der Waals surface area contributed by atoms with Crippen molar-refractivity contribution in [3.63, 3.8) is 0 Å². The first-order valence-corrected chi connectivity index (χ1v) is 13.6. The summed E-state index contributed by atoms with van der Waals surface area (Å²) in [5.74, 6) is 0.981. The molecule has 1 aromatic rings. The lowest BCUT2D eigenvalue weighted by molar-refractivity contribution is 0.0764. The molecule has 4 heterocycles. The van der Waals surface area contributed by atoms with Gasteiger partial charge in [0.05, 0.1) is 0 Å². The number of piperidine rings is 3. The van der Waals surface area contributed by atoms with Crippen molar-refractivity contribution in [3.05, 3.63) is 30.6 Å². The van der Waals surface area contributed by atoms with E-state index in [1.165, 1.54) is 65.8 Å². The summed E-state index contributed by atoms with van der Waals surface area (Å²) in [7, 11) is 8.84. The minimum absolute atomic E-state index is 0. The Balaban J connectivity index is -0.0000000370. The van der Waals surface area contributed by atoms with Gasteiger partial charge in [-0.1, -0.05) is 103 Å². The molecule has 2 bridgehead atoms. The Morgan fingerprint density at radius 3 is 1.16 bits per heavy atom. The minimum Gasteiger partial charge on any atom is -0.333 e. The van der Waals surface area contributed by atoms with Gasteiger partial charge in [-0.3, -0.25) is 4.98 Å². The lowest BCUT2D eigenvalue weighted by Crippen LogP contribution is -2.55. The van der Waals surface area contributed by atoms with Gasteiger partial charge in [-0.2, -0.15) is 0 Å². The molecule has 1 atom stereocenters. The molecular formula is C31H80N6. The molecule has 0 amide bonds. The molecule has 0 aliphatic carbocycles. The molecule has 6 N–H and O–H groups in total. The third kappa shape index (κ3) is 56.3. The monoisotopic (exact) mass is 537 g/mol. The number of aromatic nitrogens is 1.